The van der Waals surface area contributed by atoms with Crippen LogP contribution in [-0.2, 0) is 12.8 Å². The van der Waals surface area contributed by atoms with Gasteiger partial charge >= 0.3 is 5.97 Å². The number of pyridine rings is 1. The van der Waals surface area contributed by atoms with Crippen LogP contribution in [0.4, 0.5) is 0 Å². The van der Waals surface area contributed by atoms with Crippen LogP contribution in [0.5, 0.6) is 11.5 Å². The van der Waals surface area contributed by atoms with Gasteiger partial charge in [-0.05, 0) is 41.7 Å². The Morgan fingerprint density at radius 2 is 2.00 bits per heavy atom. The summed E-state index contributed by atoms with van der Waals surface area (Å²) in [5.41, 5.74) is 5.39. The van der Waals surface area contributed by atoms with Crippen molar-refractivity contribution in [2.45, 2.75) is 32.7 Å². The van der Waals surface area contributed by atoms with Gasteiger partial charge in [0, 0.05) is 41.4 Å². The van der Waals surface area contributed by atoms with Gasteiger partial charge in [0.1, 0.15) is 17.1 Å². The van der Waals surface area contributed by atoms with E-state index in [1.165, 1.54) is 23.4 Å². The number of aromatic carboxylic acids is 1. The van der Waals surface area contributed by atoms with Crippen LogP contribution in [0.2, 0.25) is 0 Å². The van der Waals surface area contributed by atoms with Crippen LogP contribution in [0.3, 0.4) is 0 Å². The summed E-state index contributed by atoms with van der Waals surface area (Å²) in [5, 5.41) is 9.51. The van der Waals surface area contributed by atoms with E-state index < -0.39 is 11.4 Å². The van der Waals surface area contributed by atoms with Crippen molar-refractivity contribution in [3.05, 3.63) is 69.5 Å². The van der Waals surface area contributed by atoms with E-state index in [4.69, 9.17) is 9.47 Å². The van der Waals surface area contributed by atoms with Crippen molar-refractivity contribution in [2.75, 3.05) is 13.7 Å². The maximum atomic E-state index is 12.7. The summed E-state index contributed by atoms with van der Waals surface area (Å²) in [6, 6.07) is 11.5. The minimum absolute atomic E-state index is 0.0589. The Bertz CT molecular complexity index is 1300. The molecule has 6 nitrogen and oxygen atoms in total. The average molecular weight is 431 g/mol. The number of carbonyl (C=O) groups is 1. The van der Waals surface area contributed by atoms with Gasteiger partial charge in [-0.25, -0.2) is 4.79 Å². The number of carboxylic acid groups (broad SMARTS) is 1. The fraction of sp³-hybridized carbons (Fsp3) is 0.308. The minimum Gasteiger partial charge on any atom is -0.497 e. The maximum Gasteiger partial charge on any atom is 0.341 e. The first-order chi connectivity index (χ1) is 15.4. The van der Waals surface area contributed by atoms with Gasteiger partial charge in [-0.15, -0.1) is 0 Å². The molecule has 6 heteroatoms. The van der Waals surface area contributed by atoms with E-state index in [0.29, 0.717) is 6.61 Å². The fourth-order valence-electron chi connectivity index (χ4n) is 4.98. The van der Waals surface area contributed by atoms with Gasteiger partial charge in [-0.1, -0.05) is 26.0 Å². The zero-order chi connectivity index (χ0) is 22.6. The van der Waals surface area contributed by atoms with E-state index >= 15 is 0 Å². The highest BCUT2D eigenvalue weighted by molar-refractivity contribution is 5.88. The fourth-order valence-corrected chi connectivity index (χ4v) is 4.98. The number of benzene rings is 2. The lowest BCUT2D eigenvalue weighted by Crippen LogP contribution is -2.28. The molecule has 1 aromatic heterocycles. The number of rotatable bonds is 4. The predicted octanol–water partition coefficient (Wildman–Crippen LogP) is 4.58. The van der Waals surface area contributed by atoms with E-state index in [1.54, 1.807) is 7.11 Å². The summed E-state index contributed by atoms with van der Waals surface area (Å²) in [5.74, 6) is 0.729. The van der Waals surface area contributed by atoms with E-state index in [-0.39, 0.29) is 17.5 Å². The molecule has 5 rings (SSSR count). The van der Waals surface area contributed by atoms with Crippen LogP contribution in [0, 0.1) is 5.92 Å². The summed E-state index contributed by atoms with van der Waals surface area (Å²) in [6.45, 7) is 4.87. The molecule has 0 aliphatic carbocycles. The van der Waals surface area contributed by atoms with E-state index in [9.17, 15) is 14.7 Å². The first-order valence-electron chi connectivity index (χ1n) is 10.8. The van der Waals surface area contributed by atoms with Gasteiger partial charge in [0.15, 0.2) is 5.43 Å². The Morgan fingerprint density at radius 3 is 2.72 bits per heavy atom. The van der Waals surface area contributed by atoms with Crippen molar-refractivity contribution in [1.29, 1.82) is 0 Å². The van der Waals surface area contributed by atoms with Gasteiger partial charge in [0.2, 0.25) is 0 Å². The predicted molar refractivity (Wildman–Crippen MR) is 122 cm³/mol. The standard InChI is InChI=1S/C26H25NO5/c1-14(2)22-11-19-17-7-8-32-25(17)18(15-5-4-6-16(9-15)31-3)10-20(19)23-12-24(28)21(26(29)30)13-27(22)23/h4-6,9-10,12-14,22H,7-8,11H2,1-3H3,(H,29,30). The molecular weight excluding hydrogens is 406 g/mol. The van der Waals surface area contributed by atoms with Gasteiger partial charge in [-0.2, -0.15) is 0 Å². The number of fused-ring (bicyclic) bond motifs is 5. The van der Waals surface area contributed by atoms with Crippen molar-refractivity contribution in [3.8, 4) is 33.9 Å². The molecule has 32 heavy (non-hydrogen) atoms. The van der Waals surface area contributed by atoms with Gasteiger partial charge in [0.25, 0.3) is 0 Å². The summed E-state index contributed by atoms with van der Waals surface area (Å²) < 4.78 is 13.5. The normalized spacial score (nSPS) is 16.2. The van der Waals surface area contributed by atoms with Gasteiger partial charge < -0.3 is 19.1 Å². The highest BCUT2D eigenvalue weighted by Crippen LogP contribution is 2.48. The molecule has 2 aliphatic rings. The third kappa shape index (κ3) is 3.09. The lowest BCUT2D eigenvalue weighted by molar-refractivity contribution is 0.0694. The number of carboxylic acids is 1. The third-order valence-corrected chi connectivity index (χ3v) is 6.60. The third-order valence-electron chi connectivity index (χ3n) is 6.60. The Labute approximate surface area is 186 Å². The van der Waals surface area contributed by atoms with E-state index in [0.717, 1.165) is 46.7 Å². The molecular formula is C26H25NO5. The van der Waals surface area contributed by atoms with Crippen LogP contribution < -0.4 is 14.9 Å². The molecule has 0 saturated carbocycles. The SMILES string of the molecule is COc1cccc(-c2cc3c(c4c2OCC4)CC(C(C)C)n2cc(C(=O)O)c(=O)cc2-3)c1. The van der Waals surface area contributed by atoms with Crippen molar-refractivity contribution in [2.24, 2.45) is 5.92 Å². The molecule has 0 fully saturated rings. The summed E-state index contributed by atoms with van der Waals surface area (Å²) >= 11 is 0. The Hall–Kier alpha value is -3.54. The number of ether oxygens (including phenoxy) is 2. The van der Waals surface area contributed by atoms with E-state index in [2.05, 4.69) is 19.9 Å². The van der Waals surface area contributed by atoms with Crippen LogP contribution in [0.25, 0.3) is 22.4 Å². The molecule has 0 radical (unpaired) electrons. The molecule has 0 bridgehead atoms. The molecule has 2 aliphatic heterocycles. The Balaban J connectivity index is 1.80. The average Bonchev–Trinajstić information content (AvgIpc) is 3.27. The quantitative estimate of drug-likeness (QED) is 0.654. The molecule has 3 heterocycles. The Kier molecular flexibility index (Phi) is 4.81. The second kappa shape index (κ2) is 7.55. The van der Waals surface area contributed by atoms with Crippen LogP contribution >= 0.6 is 0 Å². The largest absolute Gasteiger partial charge is 0.497 e. The zero-order valence-electron chi connectivity index (χ0n) is 18.3. The molecule has 3 aromatic rings. The molecule has 0 spiro atoms. The first kappa shape index (κ1) is 20.4. The maximum absolute atomic E-state index is 12.7. The molecule has 1 atom stereocenters. The van der Waals surface area contributed by atoms with Crippen LogP contribution in [-0.4, -0.2) is 29.4 Å². The zero-order valence-corrected chi connectivity index (χ0v) is 18.3. The second-order valence-corrected chi connectivity index (χ2v) is 8.75. The highest BCUT2D eigenvalue weighted by atomic mass is 16.5. The van der Waals surface area contributed by atoms with Crippen LogP contribution in [0.1, 0.15) is 41.4 Å². The lowest BCUT2D eigenvalue weighted by Gasteiger charge is -2.34. The number of hydrogen-bond donors (Lipinski definition) is 1. The molecule has 164 valence electrons. The highest BCUT2D eigenvalue weighted by Gasteiger charge is 2.33. The number of methoxy groups -OCH3 is 1. The summed E-state index contributed by atoms with van der Waals surface area (Å²) in [6.07, 6.45) is 3.10. The molecule has 1 unspecified atom stereocenters. The second-order valence-electron chi connectivity index (χ2n) is 8.75. The van der Waals surface area contributed by atoms with Crippen molar-refractivity contribution >= 4 is 5.97 Å². The van der Waals surface area contributed by atoms with Crippen LogP contribution in [0.15, 0.2) is 47.4 Å². The number of hydrogen-bond acceptors (Lipinski definition) is 4. The Morgan fingerprint density at radius 1 is 1.19 bits per heavy atom. The van der Waals surface area contributed by atoms with Gasteiger partial charge in [-0.3, -0.25) is 4.79 Å². The van der Waals surface area contributed by atoms with Crippen molar-refractivity contribution < 1.29 is 19.4 Å². The molecule has 1 N–H and O–H groups in total. The topological polar surface area (TPSA) is 77.8 Å². The first-order valence-corrected chi connectivity index (χ1v) is 10.8. The minimum atomic E-state index is -1.20. The lowest BCUT2D eigenvalue weighted by atomic mass is 9.82. The number of aromatic nitrogens is 1. The monoisotopic (exact) mass is 431 g/mol. The van der Waals surface area contributed by atoms with Gasteiger partial charge in [0.05, 0.1) is 19.4 Å². The molecule has 0 amide bonds. The molecule has 2 aromatic carbocycles. The molecule has 0 saturated heterocycles. The number of nitrogens with zero attached hydrogens (tertiary/aromatic N) is 1. The van der Waals surface area contributed by atoms with Crippen molar-refractivity contribution in [3.63, 3.8) is 0 Å². The summed E-state index contributed by atoms with van der Waals surface area (Å²) in [7, 11) is 1.64. The van der Waals surface area contributed by atoms with E-state index in [1.807, 2.05) is 28.8 Å². The smallest absolute Gasteiger partial charge is 0.341 e. The summed E-state index contributed by atoms with van der Waals surface area (Å²) in [4.78, 5) is 24.3. The van der Waals surface area contributed by atoms with Crippen molar-refractivity contribution in [1.82, 2.24) is 4.57 Å².